The SMILES string of the molecule is CN(C)C(=O)SCc1c(Cl)cccc1Cl. The number of nitrogens with zero attached hydrogens (tertiary/aromatic N) is 1. The van der Waals surface area contributed by atoms with Gasteiger partial charge < -0.3 is 4.90 Å². The molecule has 0 heterocycles. The van der Waals surface area contributed by atoms with E-state index in [9.17, 15) is 4.79 Å². The Labute approximate surface area is 104 Å². The Morgan fingerprint density at radius 3 is 2.33 bits per heavy atom. The summed E-state index contributed by atoms with van der Waals surface area (Å²) in [6.07, 6.45) is 0. The molecular formula is C10H11Cl2NOS. The molecule has 0 aliphatic rings. The third kappa shape index (κ3) is 3.59. The van der Waals surface area contributed by atoms with Crippen molar-refractivity contribution in [3.63, 3.8) is 0 Å². The number of hydrogen-bond donors (Lipinski definition) is 0. The summed E-state index contributed by atoms with van der Waals surface area (Å²) in [5, 5.41) is 1.19. The maximum Gasteiger partial charge on any atom is 0.281 e. The standard InChI is InChI=1S/C10H11Cl2NOS/c1-13(2)10(14)15-6-7-8(11)4-3-5-9(7)12/h3-5H,6H2,1-2H3. The van der Waals surface area contributed by atoms with Crippen molar-refractivity contribution < 1.29 is 4.79 Å². The molecule has 1 rings (SSSR count). The van der Waals surface area contributed by atoms with Crippen molar-refractivity contribution in [3.05, 3.63) is 33.8 Å². The van der Waals surface area contributed by atoms with E-state index >= 15 is 0 Å². The van der Waals surface area contributed by atoms with Crippen molar-refractivity contribution >= 4 is 40.2 Å². The molecule has 0 saturated carbocycles. The molecule has 0 atom stereocenters. The molecule has 1 aromatic rings. The Bertz CT molecular complexity index is 348. The maximum atomic E-state index is 11.3. The van der Waals surface area contributed by atoms with E-state index in [4.69, 9.17) is 23.2 Å². The van der Waals surface area contributed by atoms with E-state index in [0.717, 1.165) is 5.56 Å². The number of thioether (sulfide) groups is 1. The Balaban J connectivity index is 2.69. The monoisotopic (exact) mass is 263 g/mol. The highest BCUT2D eigenvalue weighted by atomic mass is 35.5. The molecule has 0 aromatic heterocycles. The van der Waals surface area contributed by atoms with Crippen molar-refractivity contribution in [3.8, 4) is 0 Å². The van der Waals surface area contributed by atoms with Crippen LogP contribution >= 0.6 is 35.0 Å². The summed E-state index contributed by atoms with van der Waals surface area (Å²) in [5.41, 5.74) is 0.807. The molecule has 1 aromatic carbocycles. The van der Waals surface area contributed by atoms with Crippen LogP contribution in [-0.4, -0.2) is 24.2 Å². The number of carbonyl (C=O) groups excluding carboxylic acids is 1. The molecule has 0 N–H and O–H groups in total. The fourth-order valence-electron chi connectivity index (χ4n) is 0.933. The minimum absolute atomic E-state index is 0.00835. The topological polar surface area (TPSA) is 20.3 Å². The number of amides is 1. The first kappa shape index (κ1) is 12.7. The molecule has 0 spiro atoms. The van der Waals surface area contributed by atoms with Gasteiger partial charge >= 0.3 is 0 Å². The van der Waals surface area contributed by atoms with Crippen LogP contribution in [0.2, 0.25) is 10.0 Å². The van der Waals surface area contributed by atoms with Crippen molar-refractivity contribution in [1.82, 2.24) is 4.90 Å². The van der Waals surface area contributed by atoms with Gasteiger partial charge in [-0.05, 0) is 17.7 Å². The highest BCUT2D eigenvalue weighted by Crippen LogP contribution is 2.28. The molecular weight excluding hydrogens is 253 g/mol. The molecule has 0 bridgehead atoms. The van der Waals surface area contributed by atoms with Gasteiger partial charge in [0.1, 0.15) is 0 Å². The highest BCUT2D eigenvalue weighted by molar-refractivity contribution is 8.12. The third-order valence-electron chi connectivity index (χ3n) is 1.77. The van der Waals surface area contributed by atoms with Crippen molar-refractivity contribution in [2.75, 3.05) is 14.1 Å². The normalized spacial score (nSPS) is 10.1. The molecule has 0 saturated heterocycles. The van der Waals surface area contributed by atoms with E-state index in [1.165, 1.54) is 16.7 Å². The number of rotatable bonds is 2. The molecule has 2 nitrogen and oxygen atoms in total. The average Bonchev–Trinajstić information content (AvgIpc) is 2.16. The summed E-state index contributed by atoms with van der Waals surface area (Å²) in [4.78, 5) is 12.9. The fourth-order valence-corrected chi connectivity index (χ4v) is 2.46. The van der Waals surface area contributed by atoms with Crippen LogP contribution in [0.4, 0.5) is 4.79 Å². The largest absolute Gasteiger partial charge is 0.340 e. The molecule has 0 aliphatic carbocycles. The summed E-state index contributed by atoms with van der Waals surface area (Å²) in [6.45, 7) is 0. The summed E-state index contributed by atoms with van der Waals surface area (Å²) >= 11 is 13.1. The predicted octanol–water partition coefficient (Wildman–Crippen LogP) is 3.91. The number of halogens is 2. The quantitative estimate of drug-likeness (QED) is 0.807. The van der Waals surface area contributed by atoms with Gasteiger partial charge in [-0.1, -0.05) is 41.0 Å². The van der Waals surface area contributed by atoms with Gasteiger partial charge in [-0.25, -0.2) is 0 Å². The first-order valence-corrected chi connectivity index (χ1v) is 6.03. The summed E-state index contributed by atoms with van der Waals surface area (Å²) in [6, 6.07) is 5.32. The van der Waals surface area contributed by atoms with Gasteiger partial charge in [-0.3, -0.25) is 4.79 Å². The lowest BCUT2D eigenvalue weighted by Gasteiger charge is -2.10. The van der Waals surface area contributed by atoms with E-state index in [-0.39, 0.29) is 5.24 Å². The lowest BCUT2D eigenvalue weighted by Crippen LogP contribution is -2.16. The Morgan fingerprint density at radius 1 is 1.33 bits per heavy atom. The van der Waals surface area contributed by atoms with E-state index in [0.29, 0.717) is 15.8 Å². The molecule has 15 heavy (non-hydrogen) atoms. The van der Waals surface area contributed by atoms with E-state index < -0.39 is 0 Å². The van der Waals surface area contributed by atoms with Gasteiger partial charge in [0.15, 0.2) is 0 Å². The van der Waals surface area contributed by atoms with Gasteiger partial charge in [0.2, 0.25) is 0 Å². The van der Waals surface area contributed by atoms with Crippen LogP contribution in [0.5, 0.6) is 0 Å². The van der Waals surface area contributed by atoms with E-state index in [1.807, 2.05) is 0 Å². The van der Waals surface area contributed by atoms with Crippen LogP contribution in [0.15, 0.2) is 18.2 Å². The second-order valence-electron chi connectivity index (χ2n) is 3.15. The predicted molar refractivity (Wildman–Crippen MR) is 66.8 cm³/mol. The van der Waals surface area contributed by atoms with Crippen LogP contribution in [0, 0.1) is 0 Å². The molecule has 1 amide bonds. The zero-order valence-electron chi connectivity index (χ0n) is 8.46. The molecule has 0 aliphatic heterocycles. The van der Waals surface area contributed by atoms with Gasteiger partial charge in [0.05, 0.1) is 0 Å². The van der Waals surface area contributed by atoms with Crippen LogP contribution in [-0.2, 0) is 5.75 Å². The lowest BCUT2D eigenvalue weighted by molar-refractivity contribution is 0.241. The second kappa shape index (κ2) is 5.64. The van der Waals surface area contributed by atoms with Gasteiger partial charge in [0.25, 0.3) is 5.24 Å². The molecule has 0 fully saturated rings. The molecule has 0 unspecified atom stereocenters. The molecule has 0 radical (unpaired) electrons. The minimum Gasteiger partial charge on any atom is -0.340 e. The van der Waals surface area contributed by atoms with Crippen LogP contribution in [0.1, 0.15) is 5.56 Å². The highest BCUT2D eigenvalue weighted by Gasteiger charge is 2.09. The summed E-state index contributed by atoms with van der Waals surface area (Å²) < 4.78 is 0. The van der Waals surface area contributed by atoms with Crippen LogP contribution in [0.25, 0.3) is 0 Å². The molecule has 82 valence electrons. The van der Waals surface area contributed by atoms with Crippen molar-refractivity contribution in [2.45, 2.75) is 5.75 Å². The average molecular weight is 264 g/mol. The van der Waals surface area contributed by atoms with Gasteiger partial charge in [0, 0.05) is 29.9 Å². The lowest BCUT2D eigenvalue weighted by atomic mass is 10.2. The first-order chi connectivity index (χ1) is 7.02. The van der Waals surface area contributed by atoms with Crippen molar-refractivity contribution in [2.24, 2.45) is 0 Å². The van der Waals surface area contributed by atoms with Crippen LogP contribution < -0.4 is 0 Å². The maximum absolute atomic E-state index is 11.3. The first-order valence-electron chi connectivity index (χ1n) is 4.29. The van der Waals surface area contributed by atoms with Gasteiger partial charge in [-0.15, -0.1) is 0 Å². The minimum atomic E-state index is -0.00835. The second-order valence-corrected chi connectivity index (χ2v) is 4.89. The number of benzene rings is 1. The summed E-state index contributed by atoms with van der Waals surface area (Å²) in [5.74, 6) is 0.496. The number of carbonyl (C=O) groups is 1. The van der Waals surface area contributed by atoms with Crippen LogP contribution in [0.3, 0.4) is 0 Å². The Morgan fingerprint density at radius 2 is 1.87 bits per heavy atom. The zero-order chi connectivity index (χ0) is 11.4. The molecule has 5 heteroatoms. The van der Waals surface area contributed by atoms with E-state index in [2.05, 4.69) is 0 Å². The van der Waals surface area contributed by atoms with Gasteiger partial charge in [-0.2, -0.15) is 0 Å². The van der Waals surface area contributed by atoms with Crippen molar-refractivity contribution in [1.29, 1.82) is 0 Å². The Hall–Kier alpha value is -0.380. The third-order valence-corrected chi connectivity index (χ3v) is 3.52. The Kier molecular flexibility index (Phi) is 4.77. The fraction of sp³-hybridized carbons (Fsp3) is 0.300. The summed E-state index contributed by atoms with van der Waals surface area (Å²) in [7, 11) is 3.42. The zero-order valence-corrected chi connectivity index (χ0v) is 10.8. The smallest absolute Gasteiger partial charge is 0.281 e. The van der Waals surface area contributed by atoms with E-state index in [1.54, 1.807) is 32.3 Å². The number of hydrogen-bond acceptors (Lipinski definition) is 2.